The number of hydrogen-bond acceptors (Lipinski definition) is 5. The Morgan fingerprint density at radius 1 is 1.28 bits per heavy atom. The lowest BCUT2D eigenvalue weighted by Crippen LogP contribution is -2.07. The lowest BCUT2D eigenvalue weighted by molar-refractivity contribution is -0.139. The minimum atomic E-state index is -0.331. The molecular weight excluding hydrogens is 338 g/mol. The third-order valence-electron chi connectivity index (χ3n) is 3.81. The Balaban J connectivity index is 2.02. The van der Waals surface area contributed by atoms with E-state index in [1.54, 1.807) is 0 Å². The average molecular weight is 357 g/mol. The largest absolute Gasteiger partial charge is 0.491 e. The van der Waals surface area contributed by atoms with Crippen LogP contribution in [-0.2, 0) is 16.0 Å². The molecule has 0 aliphatic rings. The van der Waals surface area contributed by atoms with Gasteiger partial charge in [0.25, 0.3) is 0 Å². The highest BCUT2D eigenvalue weighted by Crippen LogP contribution is 2.32. The number of methoxy groups -OCH3 is 1. The molecule has 0 unspecified atom stereocenters. The van der Waals surface area contributed by atoms with Crippen LogP contribution >= 0.6 is 11.3 Å². The summed E-state index contributed by atoms with van der Waals surface area (Å²) >= 11 is 1.49. The first kappa shape index (κ1) is 17.2. The Hall–Kier alpha value is -2.60. The van der Waals surface area contributed by atoms with Crippen LogP contribution in [0.2, 0.25) is 0 Å². The lowest BCUT2D eigenvalue weighted by Gasteiger charge is -2.10. The topological polar surface area (TPSA) is 57.0 Å². The summed E-state index contributed by atoms with van der Waals surface area (Å²) in [5, 5.41) is 1.88. The van der Waals surface area contributed by atoms with Gasteiger partial charge in [0.2, 0.25) is 0 Å². The van der Waals surface area contributed by atoms with Gasteiger partial charge in [-0.05, 0) is 37.6 Å². The fraction of sp³-hybridized carbons (Fsp3) is 0.263. The van der Waals surface area contributed by atoms with E-state index < -0.39 is 0 Å². The quantitative estimate of drug-likeness (QED) is 0.494. The van der Waals surface area contributed by atoms with Crippen molar-refractivity contribution in [1.29, 1.82) is 0 Å². The van der Waals surface area contributed by atoms with Gasteiger partial charge in [0.15, 0.2) is 6.29 Å². The van der Waals surface area contributed by atoms with Crippen LogP contribution in [0.1, 0.15) is 30.0 Å². The number of carbonyl (C=O) groups excluding carboxylic acids is 2. The molecule has 0 atom stereocenters. The molecule has 3 aromatic rings. The van der Waals surface area contributed by atoms with Crippen molar-refractivity contribution in [1.82, 2.24) is 4.40 Å². The van der Waals surface area contributed by atoms with Crippen LogP contribution in [0.5, 0.6) is 5.75 Å². The van der Waals surface area contributed by atoms with E-state index in [4.69, 9.17) is 9.47 Å². The van der Waals surface area contributed by atoms with E-state index in [1.165, 1.54) is 18.4 Å². The molecule has 0 radical (unpaired) electrons. The number of aromatic nitrogens is 1. The zero-order valence-corrected chi connectivity index (χ0v) is 15.1. The predicted octanol–water partition coefficient (Wildman–Crippen LogP) is 3.98. The maximum atomic E-state index is 11.7. The monoisotopic (exact) mass is 357 g/mol. The van der Waals surface area contributed by atoms with Crippen molar-refractivity contribution in [3.05, 3.63) is 47.1 Å². The highest BCUT2D eigenvalue weighted by molar-refractivity contribution is 7.15. The number of esters is 1. The Labute approximate surface area is 149 Å². The normalized spacial score (nSPS) is 11.0. The second-order valence-corrected chi connectivity index (χ2v) is 6.80. The summed E-state index contributed by atoms with van der Waals surface area (Å²) in [6.45, 7) is 3.95. The summed E-state index contributed by atoms with van der Waals surface area (Å²) in [4.78, 5) is 24.2. The summed E-state index contributed by atoms with van der Waals surface area (Å²) in [5.74, 6) is 0.459. The van der Waals surface area contributed by atoms with Crippen LogP contribution in [-0.4, -0.2) is 29.9 Å². The zero-order valence-electron chi connectivity index (χ0n) is 14.3. The van der Waals surface area contributed by atoms with E-state index in [0.29, 0.717) is 5.69 Å². The number of benzene rings is 1. The fourth-order valence-corrected chi connectivity index (χ4v) is 3.69. The minimum absolute atomic E-state index is 0.108. The van der Waals surface area contributed by atoms with Gasteiger partial charge in [0, 0.05) is 16.6 Å². The maximum absolute atomic E-state index is 11.7. The third kappa shape index (κ3) is 3.44. The van der Waals surface area contributed by atoms with Crippen LogP contribution < -0.4 is 4.74 Å². The van der Waals surface area contributed by atoms with Gasteiger partial charge in [-0.3, -0.25) is 9.59 Å². The Morgan fingerprint density at radius 3 is 2.60 bits per heavy atom. The summed E-state index contributed by atoms with van der Waals surface area (Å²) in [6.07, 6.45) is 1.07. The second kappa shape index (κ2) is 7.11. The molecule has 3 rings (SSSR count). The van der Waals surface area contributed by atoms with Gasteiger partial charge in [-0.15, -0.1) is 11.3 Å². The van der Waals surface area contributed by atoms with Crippen molar-refractivity contribution < 1.29 is 19.1 Å². The molecule has 2 heterocycles. The van der Waals surface area contributed by atoms with E-state index in [2.05, 4.69) is 0 Å². The number of rotatable bonds is 6. The number of carbonyl (C=O) groups is 2. The standard InChI is InChI=1S/C19H19NO4S/c1-12(2)24-15-6-4-13(5-7-15)16-9-18-20(17(16)10-21)14(11-25-18)8-19(22)23-3/h4-7,9-12H,8H2,1-3H3. The molecule has 1 aromatic carbocycles. The van der Waals surface area contributed by atoms with Crippen LogP contribution in [0, 0.1) is 0 Å². The van der Waals surface area contributed by atoms with Gasteiger partial charge in [-0.1, -0.05) is 12.1 Å². The van der Waals surface area contributed by atoms with E-state index in [-0.39, 0.29) is 18.5 Å². The van der Waals surface area contributed by atoms with Crippen molar-refractivity contribution in [3.8, 4) is 16.9 Å². The number of hydrogen-bond donors (Lipinski definition) is 0. The van der Waals surface area contributed by atoms with E-state index >= 15 is 0 Å². The first-order chi connectivity index (χ1) is 12.0. The smallest absolute Gasteiger partial charge is 0.311 e. The van der Waals surface area contributed by atoms with Crippen molar-refractivity contribution in [2.24, 2.45) is 0 Å². The highest BCUT2D eigenvalue weighted by Gasteiger charge is 2.17. The van der Waals surface area contributed by atoms with Crippen molar-refractivity contribution in [2.75, 3.05) is 7.11 Å². The first-order valence-electron chi connectivity index (χ1n) is 7.94. The highest BCUT2D eigenvalue weighted by atomic mass is 32.1. The van der Waals surface area contributed by atoms with Gasteiger partial charge in [-0.25, -0.2) is 0 Å². The summed E-state index contributed by atoms with van der Waals surface area (Å²) in [6, 6.07) is 9.62. The summed E-state index contributed by atoms with van der Waals surface area (Å²) in [5.41, 5.74) is 3.05. The van der Waals surface area contributed by atoms with Crippen molar-refractivity contribution in [2.45, 2.75) is 26.4 Å². The molecule has 0 N–H and O–H groups in total. The first-order valence-corrected chi connectivity index (χ1v) is 8.82. The van der Waals surface area contributed by atoms with Crippen LogP contribution in [0.25, 0.3) is 16.0 Å². The molecule has 6 heteroatoms. The Morgan fingerprint density at radius 2 is 2.00 bits per heavy atom. The van der Waals surface area contributed by atoms with Gasteiger partial charge in [0.1, 0.15) is 10.6 Å². The molecule has 0 saturated carbocycles. The number of aldehydes is 1. The van der Waals surface area contributed by atoms with Gasteiger partial charge < -0.3 is 13.9 Å². The molecular formula is C19H19NO4S. The SMILES string of the molecule is COC(=O)Cc1csc2cc(-c3ccc(OC(C)C)cc3)c(C=O)n12. The number of fused-ring (bicyclic) bond motifs is 1. The molecule has 130 valence electrons. The molecule has 2 aromatic heterocycles. The number of ether oxygens (including phenoxy) is 2. The molecule has 0 aliphatic heterocycles. The Kier molecular flexibility index (Phi) is 4.90. The zero-order chi connectivity index (χ0) is 18.0. The minimum Gasteiger partial charge on any atom is -0.491 e. The van der Waals surface area contributed by atoms with Gasteiger partial charge in [-0.2, -0.15) is 0 Å². The average Bonchev–Trinajstić information content (AvgIpc) is 3.14. The molecule has 0 saturated heterocycles. The molecule has 0 bridgehead atoms. The van der Waals surface area contributed by atoms with Crippen LogP contribution in [0.4, 0.5) is 0 Å². The molecule has 5 nitrogen and oxygen atoms in total. The fourth-order valence-electron chi connectivity index (χ4n) is 2.74. The predicted molar refractivity (Wildman–Crippen MR) is 97.6 cm³/mol. The van der Waals surface area contributed by atoms with Crippen LogP contribution in [0.3, 0.4) is 0 Å². The van der Waals surface area contributed by atoms with Crippen molar-refractivity contribution in [3.63, 3.8) is 0 Å². The number of thiazole rings is 1. The molecule has 0 aliphatic carbocycles. The molecule has 0 spiro atoms. The van der Waals surface area contributed by atoms with Gasteiger partial charge in [0.05, 0.1) is 25.3 Å². The Bertz CT molecular complexity index is 906. The molecule has 0 amide bonds. The second-order valence-electron chi connectivity index (χ2n) is 5.91. The van der Waals surface area contributed by atoms with E-state index in [1.807, 2.05) is 54.0 Å². The van der Waals surface area contributed by atoms with Crippen molar-refractivity contribution >= 4 is 28.4 Å². The van der Waals surface area contributed by atoms with Crippen LogP contribution in [0.15, 0.2) is 35.7 Å². The summed E-state index contributed by atoms with van der Waals surface area (Å²) < 4.78 is 12.2. The molecule has 0 fully saturated rings. The summed E-state index contributed by atoms with van der Waals surface area (Å²) in [7, 11) is 1.36. The lowest BCUT2D eigenvalue weighted by atomic mass is 10.1. The molecule has 25 heavy (non-hydrogen) atoms. The van der Waals surface area contributed by atoms with E-state index in [9.17, 15) is 9.59 Å². The third-order valence-corrected chi connectivity index (χ3v) is 4.74. The van der Waals surface area contributed by atoms with E-state index in [0.717, 1.165) is 33.7 Å². The van der Waals surface area contributed by atoms with Gasteiger partial charge >= 0.3 is 5.97 Å². The number of nitrogens with zero attached hydrogens (tertiary/aromatic N) is 1. The maximum Gasteiger partial charge on any atom is 0.311 e.